The predicted molar refractivity (Wildman–Crippen MR) is 84.3 cm³/mol. The van der Waals surface area contributed by atoms with Gasteiger partial charge < -0.3 is 14.8 Å². The Kier molecular flexibility index (Phi) is 7.02. The van der Waals surface area contributed by atoms with Gasteiger partial charge >= 0.3 is 0 Å². The van der Waals surface area contributed by atoms with E-state index in [9.17, 15) is 4.79 Å². The summed E-state index contributed by atoms with van der Waals surface area (Å²) in [4.78, 5) is 14.7. The van der Waals surface area contributed by atoms with Gasteiger partial charge in [0.25, 0.3) is 5.91 Å². The molecule has 0 aliphatic rings. The van der Waals surface area contributed by atoms with E-state index in [-0.39, 0.29) is 11.9 Å². The maximum absolute atomic E-state index is 12.4. The van der Waals surface area contributed by atoms with Gasteiger partial charge in [-0.25, -0.2) is 0 Å². The van der Waals surface area contributed by atoms with E-state index in [1.165, 1.54) is 0 Å². The molecule has 21 heavy (non-hydrogen) atoms. The van der Waals surface area contributed by atoms with Gasteiger partial charge in [-0.3, -0.25) is 9.69 Å². The van der Waals surface area contributed by atoms with Gasteiger partial charge in [0.2, 0.25) is 0 Å². The van der Waals surface area contributed by atoms with Gasteiger partial charge in [-0.05, 0) is 32.1 Å². The standard InChI is InChI=1S/C16H26N2O3/c1-6-18(7-2)12(3)11-17-16(19)15-13(20-4)9-8-10-14(15)21-5/h8-10,12H,6-7,11H2,1-5H3,(H,17,19). The lowest BCUT2D eigenvalue weighted by atomic mass is 10.1. The largest absolute Gasteiger partial charge is 0.496 e. The third-order valence-corrected chi connectivity index (χ3v) is 3.65. The summed E-state index contributed by atoms with van der Waals surface area (Å²) in [5.74, 6) is 0.855. The van der Waals surface area contributed by atoms with Crippen LogP contribution in [0.2, 0.25) is 0 Å². The van der Waals surface area contributed by atoms with Crippen LogP contribution in [0.15, 0.2) is 18.2 Å². The fourth-order valence-electron chi connectivity index (χ4n) is 2.38. The minimum absolute atomic E-state index is 0.177. The van der Waals surface area contributed by atoms with Crippen molar-refractivity contribution in [3.63, 3.8) is 0 Å². The monoisotopic (exact) mass is 294 g/mol. The molecule has 1 atom stereocenters. The number of likely N-dealkylation sites (N-methyl/N-ethyl adjacent to an activating group) is 1. The first-order valence-electron chi connectivity index (χ1n) is 7.32. The van der Waals surface area contributed by atoms with Gasteiger partial charge in [0.15, 0.2) is 0 Å². The van der Waals surface area contributed by atoms with Crippen LogP contribution in [0, 0.1) is 0 Å². The van der Waals surface area contributed by atoms with E-state index in [1.54, 1.807) is 32.4 Å². The van der Waals surface area contributed by atoms with Crippen LogP contribution in [0.5, 0.6) is 11.5 Å². The lowest BCUT2D eigenvalue weighted by Gasteiger charge is -2.26. The molecule has 1 aromatic rings. The van der Waals surface area contributed by atoms with Crippen molar-refractivity contribution >= 4 is 5.91 Å². The number of methoxy groups -OCH3 is 2. The lowest BCUT2D eigenvalue weighted by Crippen LogP contribution is -2.42. The number of nitrogens with one attached hydrogen (secondary N) is 1. The van der Waals surface area contributed by atoms with Crippen molar-refractivity contribution in [3.8, 4) is 11.5 Å². The number of benzene rings is 1. The molecule has 0 heterocycles. The summed E-state index contributed by atoms with van der Waals surface area (Å²) < 4.78 is 10.5. The Morgan fingerprint density at radius 2 is 1.71 bits per heavy atom. The number of rotatable bonds is 8. The maximum Gasteiger partial charge on any atom is 0.258 e. The number of amides is 1. The first-order chi connectivity index (χ1) is 10.1. The zero-order valence-electron chi connectivity index (χ0n) is 13.6. The van der Waals surface area contributed by atoms with Gasteiger partial charge in [0.05, 0.1) is 14.2 Å². The molecule has 0 aliphatic carbocycles. The minimum Gasteiger partial charge on any atom is -0.496 e. The molecule has 0 saturated heterocycles. The second-order valence-corrected chi connectivity index (χ2v) is 4.82. The van der Waals surface area contributed by atoms with Crippen molar-refractivity contribution in [1.29, 1.82) is 0 Å². The average molecular weight is 294 g/mol. The number of carbonyl (C=O) groups excluding carboxylic acids is 1. The zero-order valence-corrected chi connectivity index (χ0v) is 13.6. The van der Waals surface area contributed by atoms with E-state index in [0.717, 1.165) is 13.1 Å². The molecule has 0 fully saturated rings. The fourth-order valence-corrected chi connectivity index (χ4v) is 2.38. The minimum atomic E-state index is -0.177. The highest BCUT2D eigenvalue weighted by atomic mass is 16.5. The molecule has 0 aromatic heterocycles. The SMILES string of the molecule is CCN(CC)C(C)CNC(=O)c1c(OC)cccc1OC. The molecule has 0 aliphatic heterocycles. The smallest absolute Gasteiger partial charge is 0.258 e. The highest BCUT2D eigenvalue weighted by molar-refractivity contribution is 5.99. The molecular weight excluding hydrogens is 268 g/mol. The molecule has 1 rings (SSSR count). The summed E-state index contributed by atoms with van der Waals surface area (Å²) in [5.41, 5.74) is 0.439. The Hall–Kier alpha value is -1.75. The highest BCUT2D eigenvalue weighted by Crippen LogP contribution is 2.27. The van der Waals surface area contributed by atoms with Gasteiger partial charge in [-0.15, -0.1) is 0 Å². The summed E-state index contributed by atoms with van der Waals surface area (Å²) in [6.45, 7) is 8.85. The topological polar surface area (TPSA) is 50.8 Å². The molecular formula is C16H26N2O3. The van der Waals surface area contributed by atoms with Crippen LogP contribution < -0.4 is 14.8 Å². The Morgan fingerprint density at radius 1 is 1.19 bits per heavy atom. The molecule has 0 radical (unpaired) electrons. The number of ether oxygens (including phenoxy) is 2. The van der Waals surface area contributed by atoms with E-state index in [4.69, 9.17) is 9.47 Å². The summed E-state index contributed by atoms with van der Waals surface area (Å²) >= 11 is 0. The number of hydrogen-bond acceptors (Lipinski definition) is 4. The second kappa shape index (κ2) is 8.52. The van der Waals surface area contributed by atoms with Crippen LogP contribution in [0.3, 0.4) is 0 Å². The Bertz CT molecular complexity index is 437. The third-order valence-electron chi connectivity index (χ3n) is 3.65. The van der Waals surface area contributed by atoms with Gasteiger partial charge in [-0.1, -0.05) is 19.9 Å². The molecule has 0 bridgehead atoms. The van der Waals surface area contributed by atoms with Crippen LogP contribution in [0.25, 0.3) is 0 Å². The Balaban J connectivity index is 2.80. The summed E-state index contributed by atoms with van der Waals surface area (Å²) in [6.07, 6.45) is 0. The molecule has 1 aromatic carbocycles. The summed E-state index contributed by atoms with van der Waals surface area (Å²) in [6, 6.07) is 5.59. The molecule has 5 heteroatoms. The van der Waals surface area contributed by atoms with E-state index >= 15 is 0 Å². The van der Waals surface area contributed by atoms with Gasteiger partial charge in [-0.2, -0.15) is 0 Å². The maximum atomic E-state index is 12.4. The van der Waals surface area contributed by atoms with E-state index in [1.807, 2.05) is 0 Å². The number of carbonyl (C=O) groups is 1. The lowest BCUT2D eigenvalue weighted by molar-refractivity contribution is 0.0931. The summed E-state index contributed by atoms with van der Waals surface area (Å²) in [5, 5.41) is 2.96. The average Bonchev–Trinajstić information content (AvgIpc) is 2.52. The van der Waals surface area contributed by atoms with Crippen LogP contribution in [-0.4, -0.2) is 50.7 Å². The Morgan fingerprint density at radius 3 is 2.14 bits per heavy atom. The van der Waals surface area contributed by atoms with Crippen molar-refractivity contribution in [3.05, 3.63) is 23.8 Å². The second-order valence-electron chi connectivity index (χ2n) is 4.82. The highest BCUT2D eigenvalue weighted by Gasteiger charge is 2.19. The van der Waals surface area contributed by atoms with Crippen molar-refractivity contribution < 1.29 is 14.3 Å². The van der Waals surface area contributed by atoms with E-state index < -0.39 is 0 Å². The van der Waals surface area contributed by atoms with Crippen molar-refractivity contribution in [2.45, 2.75) is 26.8 Å². The van der Waals surface area contributed by atoms with Crippen molar-refractivity contribution in [2.24, 2.45) is 0 Å². The first kappa shape index (κ1) is 17.3. The third kappa shape index (κ3) is 4.36. The molecule has 1 amide bonds. The zero-order chi connectivity index (χ0) is 15.8. The number of hydrogen-bond donors (Lipinski definition) is 1. The van der Waals surface area contributed by atoms with Crippen LogP contribution >= 0.6 is 0 Å². The molecule has 5 nitrogen and oxygen atoms in total. The van der Waals surface area contributed by atoms with Crippen LogP contribution in [-0.2, 0) is 0 Å². The summed E-state index contributed by atoms with van der Waals surface area (Å²) in [7, 11) is 3.09. The van der Waals surface area contributed by atoms with Gasteiger partial charge in [0.1, 0.15) is 17.1 Å². The molecule has 0 saturated carbocycles. The normalized spacial score (nSPS) is 12.1. The predicted octanol–water partition coefficient (Wildman–Crippen LogP) is 2.16. The molecule has 1 N–H and O–H groups in total. The van der Waals surface area contributed by atoms with Crippen LogP contribution in [0.4, 0.5) is 0 Å². The first-order valence-corrected chi connectivity index (χ1v) is 7.32. The number of nitrogens with zero attached hydrogens (tertiary/aromatic N) is 1. The quantitative estimate of drug-likeness (QED) is 0.798. The van der Waals surface area contributed by atoms with E-state index in [2.05, 4.69) is 31.0 Å². The molecule has 1 unspecified atom stereocenters. The molecule has 0 spiro atoms. The van der Waals surface area contributed by atoms with Crippen molar-refractivity contribution in [2.75, 3.05) is 33.9 Å². The Labute approximate surface area is 127 Å². The van der Waals surface area contributed by atoms with Crippen LogP contribution in [0.1, 0.15) is 31.1 Å². The fraction of sp³-hybridized carbons (Fsp3) is 0.562. The molecule has 118 valence electrons. The van der Waals surface area contributed by atoms with Crippen molar-refractivity contribution in [1.82, 2.24) is 10.2 Å². The van der Waals surface area contributed by atoms with E-state index in [0.29, 0.717) is 23.6 Å². The van der Waals surface area contributed by atoms with Gasteiger partial charge in [0, 0.05) is 12.6 Å².